The van der Waals surface area contributed by atoms with Crippen LogP contribution >= 0.6 is 11.3 Å². The molecule has 1 amide bonds. The quantitative estimate of drug-likeness (QED) is 0.720. The second-order valence-electron chi connectivity index (χ2n) is 7.31. The van der Waals surface area contributed by atoms with E-state index in [0.29, 0.717) is 6.54 Å². The number of carbonyl (C=O) groups excluding carboxylic acids is 1. The molecule has 2 aromatic heterocycles. The minimum absolute atomic E-state index is 0.188. The van der Waals surface area contributed by atoms with Crippen molar-refractivity contribution < 1.29 is 14.7 Å². The third kappa shape index (κ3) is 5.16. The molecule has 0 bridgehead atoms. The number of carbonyl (C=O) groups is 2. The number of hydrogen-bond acceptors (Lipinski definition) is 7. The van der Waals surface area contributed by atoms with Crippen LogP contribution in [0.1, 0.15) is 50.6 Å². The number of nitrogens with one attached hydrogen (secondary N) is 1. The van der Waals surface area contributed by atoms with Crippen LogP contribution in [0.2, 0.25) is 0 Å². The summed E-state index contributed by atoms with van der Waals surface area (Å²) in [6.45, 7) is 2.34. The predicted octanol–water partition coefficient (Wildman–Crippen LogP) is 2.72. The Labute approximate surface area is 174 Å². The lowest BCUT2D eigenvalue weighted by molar-refractivity contribution is -0.135. The number of nitrogens with zero attached hydrogens (tertiary/aromatic N) is 4. The van der Waals surface area contributed by atoms with Gasteiger partial charge >= 0.3 is 0 Å². The van der Waals surface area contributed by atoms with E-state index in [0.717, 1.165) is 55.2 Å². The first kappa shape index (κ1) is 21.3. The smallest absolute Gasteiger partial charge is 0.290 e. The molecule has 0 spiro atoms. The van der Waals surface area contributed by atoms with Gasteiger partial charge in [0.05, 0.1) is 18.4 Å². The lowest BCUT2D eigenvalue weighted by Crippen LogP contribution is -2.58. The largest absolute Gasteiger partial charge is 0.483 e. The highest BCUT2D eigenvalue weighted by atomic mass is 32.1. The highest BCUT2D eigenvalue weighted by Crippen LogP contribution is 2.36. The van der Waals surface area contributed by atoms with Crippen molar-refractivity contribution in [2.75, 3.05) is 13.1 Å². The van der Waals surface area contributed by atoms with Gasteiger partial charge in [-0.2, -0.15) is 0 Å². The number of aromatic nitrogens is 3. The van der Waals surface area contributed by atoms with Gasteiger partial charge in [-0.3, -0.25) is 24.5 Å². The number of likely N-dealkylation sites (tertiary alicyclic amines) is 1. The van der Waals surface area contributed by atoms with Crippen LogP contribution in [0.15, 0.2) is 24.0 Å². The summed E-state index contributed by atoms with van der Waals surface area (Å²) in [5.74, 6) is 0.188. The molecule has 8 nitrogen and oxygen atoms in total. The number of thiazole rings is 1. The molecular weight excluding hydrogens is 390 g/mol. The molecule has 2 fully saturated rings. The van der Waals surface area contributed by atoms with Crippen molar-refractivity contribution in [3.63, 3.8) is 0 Å². The molecule has 2 aliphatic rings. The summed E-state index contributed by atoms with van der Waals surface area (Å²) >= 11 is 1.54. The van der Waals surface area contributed by atoms with E-state index in [-0.39, 0.29) is 17.9 Å². The van der Waals surface area contributed by atoms with Crippen LogP contribution in [0.4, 0.5) is 0 Å². The summed E-state index contributed by atoms with van der Waals surface area (Å²) in [5.41, 5.74) is 1.37. The van der Waals surface area contributed by atoms with Gasteiger partial charge in [-0.1, -0.05) is 19.3 Å². The average Bonchev–Trinajstić information content (AvgIpc) is 3.46. The van der Waals surface area contributed by atoms with Crippen molar-refractivity contribution in [3.8, 4) is 10.7 Å². The highest BCUT2D eigenvalue weighted by molar-refractivity contribution is 7.13. The molecule has 0 atom stereocenters. The second kappa shape index (κ2) is 10.4. The van der Waals surface area contributed by atoms with Gasteiger partial charge in [-0.25, -0.2) is 4.98 Å². The lowest BCUT2D eigenvalue weighted by Gasteiger charge is -2.43. The van der Waals surface area contributed by atoms with Crippen molar-refractivity contribution in [1.82, 2.24) is 25.2 Å². The number of rotatable bonds is 5. The molecule has 1 aliphatic carbocycles. The molecule has 4 rings (SSSR count). The second-order valence-corrected chi connectivity index (χ2v) is 8.17. The van der Waals surface area contributed by atoms with Crippen molar-refractivity contribution in [3.05, 3.63) is 29.7 Å². The number of carboxylic acid groups (broad SMARTS) is 1. The van der Waals surface area contributed by atoms with E-state index in [4.69, 9.17) is 9.90 Å². The van der Waals surface area contributed by atoms with Crippen molar-refractivity contribution >= 4 is 23.7 Å². The van der Waals surface area contributed by atoms with Gasteiger partial charge in [0, 0.05) is 17.8 Å². The molecule has 1 aliphatic heterocycles. The first-order valence-corrected chi connectivity index (χ1v) is 10.9. The fourth-order valence-electron chi connectivity index (χ4n) is 4.22. The fraction of sp³-hybridized carbons (Fsp3) is 0.550. The Morgan fingerprint density at radius 2 is 1.93 bits per heavy atom. The summed E-state index contributed by atoms with van der Waals surface area (Å²) < 4.78 is 0. The first-order valence-electron chi connectivity index (χ1n) is 10.0. The Balaban J connectivity index is 0.000000755. The molecule has 9 heteroatoms. The minimum Gasteiger partial charge on any atom is -0.483 e. The maximum Gasteiger partial charge on any atom is 0.290 e. The topological polar surface area (TPSA) is 108 Å². The summed E-state index contributed by atoms with van der Waals surface area (Å²) in [4.78, 5) is 36.9. The van der Waals surface area contributed by atoms with Gasteiger partial charge in [-0.15, -0.1) is 11.3 Å². The third-order valence-electron chi connectivity index (χ3n) is 5.58. The fourth-order valence-corrected chi connectivity index (χ4v) is 5.00. The Bertz CT molecular complexity index is 786. The normalized spacial score (nSPS) is 18.5. The molecule has 3 heterocycles. The Morgan fingerprint density at radius 3 is 2.59 bits per heavy atom. The molecule has 1 saturated carbocycles. The van der Waals surface area contributed by atoms with Gasteiger partial charge in [0.1, 0.15) is 16.2 Å². The lowest BCUT2D eigenvalue weighted by atomic mass is 9.79. The van der Waals surface area contributed by atoms with Crippen LogP contribution in [-0.2, 0) is 16.1 Å². The molecular formula is C20H27N5O3S. The molecule has 29 heavy (non-hydrogen) atoms. The van der Waals surface area contributed by atoms with Crippen LogP contribution < -0.4 is 5.32 Å². The minimum atomic E-state index is -0.293. The predicted molar refractivity (Wildman–Crippen MR) is 110 cm³/mol. The van der Waals surface area contributed by atoms with Crippen LogP contribution in [0.25, 0.3) is 10.7 Å². The van der Waals surface area contributed by atoms with Gasteiger partial charge in [0.2, 0.25) is 5.91 Å². The van der Waals surface area contributed by atoms with Crippen molar-refractivity contribution in [2.24, 2.45) is 0 Å². The summed E-state index contributed by atoms with van der Waals surface area (Å²) in [6, 6.07) is 0. The monoisotopic (exact) mass is 417 g/mol. The van der Waals surface area contributed by atoms with Crippen molar-refractivity contribution in [2.45, 2.75) is 57.0 Å². The van der Waals surface area contributed by atoms with Gasteiger partial charge in [-0.05, 0) is 38.8 Å². The molecule has 0 aromatic carbocycles. The van der Waals surface area contributed by atoms with E-state index >= 15 is 0 Å². The van der Waals surface area contributed by atoms with Crippen LogP contribution in [0.3, 0.4) is 0 Å². The zero-order valence-corrected chi connectivity index (χ0v) is 17.2. The number of amides is 1. The molecule has 2 N–H and O–H groups in total. The van der Waals surface area contributed by atoms with E-state index in [9.17, 15) is 4.79 Å². The Kier molecular flexibility index (Phi) is 7.65. The molecule has 0 unspecified atom stereocenters. The standard InChI is InChI=1S/C19H25N5OS.CH2O2/c25-18(19(6-2-1-3-7-19)24-10-4-5-11-24)22-12-15-14-26-17(23-15)16-13-20-8-9-21-16;2-1-3/h8-9,13-14H,1-7,10-12H2,(H,22,25);1H,(H,2,3). The molecule has 0 radical (unpaired) electrons. The summed E-state index contributed by atoms with van der Waals surface area (Å²) in [6.07, 6.45) is 13.0. The average molecular weight is 418 g/mol. The molecule has 1 saturated heterocycles. The highest BCUT2D eigenvalue weighted by Gasteiger charge is 2.45. The van der Waals surface area contributed by atoms with E-state index in [2.05, 4.69) is 25.2 Å². The third-order valence-corrected chi connectivity index (χ3v) is 6.49. The molecule has 156 valence electrons. The van der Waals surface area contributed by atoms with Crippen LogP contribution in [0, 0.1) is 0 Å². The van der Waals surface area contributed by atoms with Gasteiger partial charge < -0.3 is 10.4 Å². The van der Waals surface area contributed by atoms with E-state index < -0.39 is 0 Å². The maximum absolute atomic E-state index is 13.2. The maximum atomic E-state index is 13.2. The van der Waals surface area contributed by atoms with Crippen molar-refractivity contribution in [1.29, 1.82) is 0 Å². The van der Waals surface area contributed by atoms with E-state index in [1.165, 1.54) is 30.6 Å². The Hall–Kier alpha value is -2.39. The zero-order chi connectivity index (χ0) is 20.5. The number of hydrogen-bond donors (Lipinski definition) is 2. The summed E-state index contributed by atoms with van der Waals surface area (Å²) in [5, 5.41) is 12.9. The van der Waals surface area contributed by atoms with Crippen LogP contribution in [0.5, 0.6) is 0 Å². The SMILES string of the molecule is O=C(NCc1csc(-c2cnccn2)n1)C1(N2CCCC2)CCCCC1.O=CO. The van der Waals surface area contributed by atoms with E-state index in [1.54, 1.807) is 18.6 Å². The zero-order valence-electron chi connectivity index (χ0n) is 16.4. The van der Waals surface area contributed by atoms with Gasteiger partial charge in [0.15, 0.2) is 0 Å². The molecule has 2 aromatic rings. The summed E-state index contributed by atoms with van der Waals surface area (Å²) in [7, 11) is 0. The van der Waals surface area contributed by atoms with Crippen LogP contribution in [-0.4, -0.2) is 56.0 Å². The first-order chi connectivity index (χ1) is 14.2. The Morgan fingerprint density at radius 1 is 1.21 bits per heavy atom. The van der Waals surface area contributed by atoms with Gasteiger partial charge in [0.25, 0.3) is 6.47 Å². The van der Waals surface area contributed by atoms with E-state index in [1.807, 2.05) is 5.38 Å².